The first-order valence-corrected chi connectivity index (χ1v) is 10.6. The molecule has 1 unspecified atom stereocenters. The van der Waals surface area contributed by atoms with Crippen molar-refractivity contribution in [3.8, 4) is 0 Å². The molecule has 0 aliphatic carbocycles. The van der Waals surface area contributed by atoms with Gasteiger partial charge in [-0.25, -0.2) is 9.78 Å². The number of likely N-dealkylation sites (tertiary alicyclic amines) is 1. The number of amides is 1. The molecular weight excluding hydrogens is 420 g/mol. The Bertz CT molecular complexity index is 854. The van der Waals surface area contributed by atoms with Crippen LogP contribution in [0.15, 0.2) is 41.3 Å². The van der Waals surface area contributed by atoms with Crippen molar-refractivity contribution in [1.82, 2.24) is 14.6 Å². The maximum Gasteiger partial charge on any atom is 0.410 e. The lowest BCUT2D eigenvalue weighted by Gasteiger charge is -2.41. The molecule has 0 N–H and O–H groups in total. The van der Waals surface area contributed by atoms with Crippen molar-refractivity contribution in [3.05, 3.63) is 52.5 Å². The number of carbonyl (C=O) groups is 1. The molecule has 2 aromatic rings. The van der Waals surface area contributed by atoms with Gasteiger partial charge in [0, 0.05) is 48.7 Å². The Morgan fingerprint density at radius 1 is 1.21 bits per heavy atom. The van der Waals surface area contributed by atoms with E-state index in [2.05, 4.69) is 61.1 Å². The maximum absolute atomic E-state index is 12.3. The number of benzene rings is 1. The van der Waals surface area contributed by atoms with Gasteiger partial charge in [0.05, 0.1) is 5.69 Å². The van der Waals surface area contributed by atoms with E-state index < -0.39 is 5.60 Å². The normalized spacial score (nSPS) is 20.4. The average molecular weight is 447 g/mol. The lowest BCUT2D eigenvalue weighted by Crippen LogP contribution is -2.51. The van der Waals surface area contributed by atoms with E-state index in [1.54, 1.807) is 4.90 Å². The number of aromatic nitrogens is 2. The number of halogens is 1. The number of hydrogen-bond donors (Lipinski definition) is 0. The lowest BCUT2D eigenvalue weighted by molar-refractivity contribution is 0.0292. The van der Waals surface area contributed by atoms with E-state index in [1.807, 2.05) is 27.1 Å². The Balaban J connectivity index is 1.33. The first kappa shape index (κ1) is 19.3. The van der Waals surface area contributed by atoms with Crippen LogP contribution in [0.2, 0.25) is 0 Å². The highest BCUT2D eigenvalue weighted by Gasteiger charge is 2.33. The summed E-state index contributed by atoms with van der Waals surface area (Å²) in [5, 5.41) is 2.29. The van der Waals surface area contributed by atoms with Gasteiger partial charge in [-0.1, -0.05) is 28.1 Å². The smallest absolute Gasteiger partial charge is 0.410 e. The Kier molecular flexibility index (Phi) is 5.12. The van der Waals surface area contributed by atoms with Gasteiger partial charge in [0.15, 0.2) is 0 Å². The van der Waals surface area contributed by atoms with Gasteiger partial charge in [-0.2, -0.15) is 0 Å². The minimum atomic E-state index is -0.459. The molecule has 1 amide bonds. The Morgan fingerprint density at radius 2 is 2.00 bits per heavy atom. The van der Waals surface area contributed by atoms with Crippen LogP contribution < -0.4 is 5.01 Å². The summed E-state index contributed by atoms with van der Waals surface area (Å²) >= 11 is 3.55. The molecule has 3 heterocycles. The highest BCUT2D eigenvalue weighted by atomic mass is 79.9. The van der Waals surface area contributed by atoms with Crippen LogP contribution >= 0.6 is 15.9 Å². The number of carbonyl (C=O) groups excluding carboxylic acids is 1. The highest BCUT2D eigenvalue weighted by molar-refractivity contribution is 9.10. The minimum absolute atomic E-state index is 0.228. The van der Waals surface area contributed by atoms with E-state index >= 15 is 0 Å². The average Bonchev–Trinajstić information content (AvgIpc) is 3.21. The Labute approximate surface area is 174 Å². The van der Waals surface area contributed by atoms with Crippen molar-refractivity contribution in [2.75, 3.05) is 31.2 Å². The number of rotatable bonds is 3. The summed E-state index contributed by atoms with van der Waals surface area (Å²) < 4.78 is 8.71. The molecule has 150 valence electrons. The molecule has 28 heavy (non-hydrogen) atoms. The molecule has 1 aromatic carbocycles. The molecule has 0 saturated carbocycles. The minimum Gasteiger partial charge on any atom is -0.444 e. The molecule has 7 heteroatoms. The molecular formula is C21H27BrN4O2. The molecule has 1 aromatic heterocycles. The van der Waals surface area contributed by atoms with Gasteiger partial charge < -0.3 is 14.6 Å². The van der Waals surface area contributed by atoms with Gasteiger partial charge in [-0.3, -0.25) is 4.68 Å². The van der Waals surface area contributed by atoms with Crippen LogP contribution in [0.25, 0.3) is 0 Å². The van der Waals surface area contributed by atoms with Crippen molar-refractivity contribution >= 4 is 22.0 Å². The zero-order chi connectivity index (χ0) is 19.9. The summed E-state index contributed by atoms with van der Waals surface area (Å²) in [5.41, 5.74) is 1.96. The van der Waals surface area contributed by atoms with E-state index in [0.717, 1.165) is 36.2 Å². The van der Waals surface area contributed by atoms with E-state index in [0.29, 0.717) is 12.5 Å². The molecule has 1 atom stereocenters. The topological polar surface area (TPSA) is 50.6 Å². The van der Waals surface area contributed by atoms with Crippen molar-refractivity contribution < 1.29 is 9.53 Å². The monoisotopic (exact) mass is 446 g/mol. The van der Waals surface area contributed by atoms with Gasteiger partial charge in [0.2, 0.25) is 0 Å². The van der Waals surface area contributed by atoms with Crippen molar-refractivity contribution in [1.29, 1.82) is 0 Å². The first-order chi connectivity index (χ1) is 13.3. The molecule has 2 aliphatic rings. The SMILES string of the molecule is CC(C)(C)OC(=O)N1CCC(c2cn(N3CC(c4cccc(Br)c4)C3)cn2)C1. The van der Waals surface area contributed by atoms with E-state index in [4.69, 9.17) is 4.74 Å². The van der Waals surface area contributed by atoms with Gasteiger partial charge in [-0.05, 0) is 44.9 Å². The first-order valence-electron chi connectivity index (χ1n) is 9.81. The molecule has 0 spiro atoms. The zero-order valence-corrected chi connectivity index (χ0v) is 18.2. The molecule has 2 fully saturated rings. The van der Waals surface area contributed by atoms with E-state index in [1.165, 1.54) is 5.56 Å². The largest absolute Gasteiger partial charge is 0.444 e. The molecule has 2 aliphatic heterocycles. The highest BCUT2D eigenvalue weighted by Crippen LogP contribution is 2.30. The lowest BCUT2D eigenvalue weighted by atomic mass is 9.93. The second-order valence-electron chi connectivity index (χ2n) is 8.71. The van der Waals surface area contributed by atoms with Crippen LogP contribution in [0, 0.1) is 0 Å². The Morgan fingerprint density at radius 3 is 2.71 bits per heavy atom. The molecule has 0 radical (unpaired) electrons. The van der Waals surface area contributed by atoms with Crippen LogP contribution in [-0.2, 0) is 4.74 Å². The standard InChI is InChI=1S/C21H27BrN4O2/c1-21(2,3)28-20(27)24-8-7-16(10-24)19-13-26(14-23-19)25-11-17(12-25)15-5-4-6-18(22)9-15/h4-6,9,13-14,16-17H,7-8,10-12H2,1-3H3. The number of imidazole rings is 1. The van der Waals surface area contributed by atoms with Gasteiger partial charge >= 0.3 is 6.09 Å². The molecule has 4 rings (SSSR count). The number of ether oxygens (including phenoxy) is 1. The van der Waals surface area contributed by atoms with Gasteiger partial charge in [0.25, 0.3) is 0 Å². The predicted molar refractivity (Wildman–Crippen MR) is 112 cm³/mol. The zero-order valence-electron chi connectivity index (χ0n) is 16.6. The van der Waals surface area contributed by atoms with Crippen LogP contribution in [0.5, 0.6) is 0 Å². The molecule has 2 saturated heterocycles. The van der Waals surface area contributed by atoms with Crippen molar-refractivity contribution in [3.63, 3.8) is 0 Å². The number of nitrogens with zero attached hydrogens (tertiary/aromatic N) is 4. The summed E-state index contributed by atoms with van der Waals surface area (Å²) in [5.74, 6) is 0.827. The summed E-state index contributed by atoms with van der Waals surface area (Å²) in [7, 11) is 0. The van der Waals surface area contributed by atoms with Crippen molar-refractivity contribution in [2.24, 2.45) is 0 Å². The predicted octanol–water partition coefficient (Wildman–Crippen LogP) is 4.11. The third-order valence-electron chi connectivity index (χ3n) is 5.36. The maximum atomic E-state index is 12.3. The molecule has 6 nitrogen and oxygen atoms in total. The number of hydrogen-bond acceptors (Lipinski definition) is 4. The van der Waals surface area contributed by atoms with Crippen LogP contribution in [0.1, 0.15) is 50.3 Å². The van der Waals surface area contributed by atoms with Crippen molar-refractivity contribution in [2.45, 2.75) is 44.6 Å². The summed E-state index contributed by atoms with van der Waals surface area (Å²) in [4.78, 5) is 18.7. The van der Waals surface area contributed by atoms with Crippen LogP contribution in [-0.4, -0.2) is 52.4 Å². The Hall–Kier alpha value is -2.02. The third kappa shape index (κ3) is 4.19. The third-order valence-corrected chi connectivity index (χ3v) is 5.85. The van der Waals surface area contributed by atoms with Crippen LogP contribution in [0.3, 0.4) is 0 Å². The van der Waals surface area contributed by atoms with E-state index in [9.17, 15) is 4.79 Å². The fourth-order valence-electron chi connectivity index (χ4n) is 3.80. The van der Waals surface area contributed by atoms with Crippen LogP contribution in [0.4, 0.5) is 4.79 Å². The summed E-state index contributed by atoms with van der Waals surface area (Å²) in [6, 6.07) is 8.54. The van der Waals surface area contributed by atoms with Gasteiger partial charge in [-0.15, -0.1) is 0 Å². The summed E-state index contributed by atoms with van der Waals surface area (Å²) in [6.45, 7) is 9.06. The fraction of sp³-hybridized carbons (Fsp3) is 0.524. The quantitative estimate of drug-likeness (QED) is 0.711. The molecule has 0 bridgehead atoms. The van der Waals surface area contributed by atoms with E-state index in [-0.39, 0.29) is 12.0 Å². The van der Waals surface area contributed by atoms with Gasteiger partial charge in [0.1, 0.15) is 11.9 Å². The second-order valence-corrected chi connectivity index (χ2v) is 9.63. The summed E-state index contributed by atoms with van der Waals surface area (Å²) in [6.07, 6.45) is 4.70. The second kappa shape index (κ2) is 7.43. The fourth-order valence-corrected chi connectivity index (χ4v) is 4.22.